The van der Waals surface area contributed by atoms with Gasteiger partial charge in [0.15, 0.2) is 0 Å². The molecule has 2 N–H and O–H groups in total. The van der Waals surface area contributed by atoms with Crippen molar-refractivity contribution in [2.24, 2.45) is 11.8 Å². The molecule has 108 valence electrons. The van der Waals surface area contributed by atoms with Crippen molar-refractivity contribution < 1.29 is 14.7 Å². The highest BCUT2D eigenvalue weighted by molar-refractivity contribution is 7.09. The Morgan fingerprint density at radius 3 is 2.70 bits per heavy atom. The fraction of sp³-hybridized carbons (Fsp3) is 0.500. The monoisotopic (exact) mass is 294 g/mol. The number of allylic oxidation sites excluding steroid dienone is 2. The third-order valence-electron chi connectivity index (χ3n) is 3.56. The van der Waals surface area contributed by atoms with Gasteiger partial charge in [-0.3, -0.25) is 9.59 Å². The fourth-order valence-corrected chi connectivity index (χ4v) is 3.17. The van der Waals surface area contributed by atoms with Crippen LogP contribution in [-0.2, 0) is 9.59 Å². The number of carbonyl (C=O) groups excluding carboxylic acids is 1. The number of carboxylic acid groups (broad SMARTS) is 1. The lowest BCUT2D eigenvalue weighted by molar-refractivity contribution is -0.147. The number of aliphatic carboxylic acids is 1. The molecule has 1 aliphatic carbocycles. The van der Waals surface area contributed by atoms with Crippen molar-refractivity contribution in [1.29, 1.82) is 0 Å². The summed E-state index contributed by atoms with van der Waals surface area (Å²) >= 11 is 1.50. The lowest BCUT2D eigenvalue weighted by atomic mass is 9.82. The first-order chi connectivity index (χ1) is 9.63. The fourth-order valence-electron chi connectivity index (χ4n) is 2.40. The molecule has 1 unspecified atom stereocenters. The SMILES string of the molecule is CCC(NC(=O)[C@@H]1CC=CC[C@@H]1C(=O)O)c1nccs1. The summed E-state index contributed by atoms with van der Waals surface area (Å²) in [5, 5.41) is 14.9. The van der Waals surface area contributed by atoms with Crippen molar-refractivity contribution in [2.75, 3.05) is 0 Å². The second-order valence-electron chi connectivity index (χ2n) is 4.83. The third kappa shape index (κ3) is 3.25. The standard InChI is InChI=1S/C14H18N2O3S/c1-2-11(13-15-7-8-20-13)16-12(17)9-5-3-4-6-10(9)14(18)19/h3-4,7-11H,2,5-6H2,1H3,(H,16,17)(H,18,19)/t9-,10+,11?/m1/s1. The lowest BCUT2D eigenvalue weighted by Crippen LogP contribution is -2.40. The molecule has 2 rings (SSSR count). The van der Waals surface area contributed by atoms with Crippen molar-refractivity contribution in [3.63, 3.8) is 0 Å². The highest BCUT2D eigenvalue weighted by Gasteiger charge is 2.34. The Balaban J connectivity index is 2.06. The molecular formula is C14H18N2O3S. The van der Waals surface area contributed by atoms with Crippen LogP contribution in [-0.4, -0.2) is 22.0 Å². The molecule has 1 aromatic rings. The smallest absolute Gasteiger partial charge is 0.307 e. The molecule has 0 aromatic carbocycles. The number of aromatic nitrogens is 1. The number of carbonyl (C=O) groups is 2. The van der Waals surface area contributed by atoms with Crippen molar-refractivity contribution in [1.82, 2.24) is 10.3 Å². The molecule has 1 aliphatic rings. The van der Waals surface area contributed by atoms with Gasteiger partial charge >= 0.3 is 5.97 Å². The minimum Gasteiger partial charge on any atom is -0.481 e. The van der Waals surface area contributed by atoms with Gasteiger partial charge in [0.1, 0.15) is 5.01 Å². The third-order valence-corrected chi connectivity index (χ3v) is 4.45. The zero-order valence-corrected chi connectivity index (χ0v) is 12.1. The predicted octanol–water partition coefficient (Wildman–Crippen LogP) is 2.38. The van der Waals surface area contributed by atoms with Crippen molar-refractivity contribution >= 4 is 23.2 Å². The van der Waals surface area contributed by atoms with Crippen LogP contribution in [0.4, 0.5) is 0 Å². The van der Waals surface area contributed by atoms with E-state index in [0.29, 0.717) is 12.8 Å². The maximum Gasteiger partial charge on any atom is 0.307 e. The van der Waals surface area contributed by atoms with Crippen LogP contribution in [0.25, 0.3) is 0 Å². The van der Waals surface area contributed by atoms with Crippen molar-refractivity contribution in [2.45, 2.75) is 32.2 Å². The average molecular weight is 294 g/mol. The molecule has 1 amide bonds. The normalized spacial score (nSPS) is 23.2. The van der Waals surface area contributed by atoms with Crippen molar-refractivity contribution in [3.8, 4) is 0 Å². The molecule has 0 bridgehead atoms. The van der Waals surface area contributed by atoms with Gasteiger partial charge in [0.05, 0.1) is 17.9 Å². The Morgan fingerprint density at radius 2 is 2.15 bits per heavy atom. The van der Waals surface area contributed by atoms with Gasteiger partial charge in [0.2, 0.25) is 5.91 Å². The molecular weight excluding hydrogens is 276 g/mol. The summed E-state index contributed by atoms with van der Waals surface area (Å²) in [5.74, 6) is -2.22. The van der Waals surface area contributed by atoms with Crippen LogP contribution in [0.2, 0.25) is 0 Å². The molecule has 0 saturated carbocycles. The number of hydrogen-bond acceptors (Lipinski definition) is 4. The zero-order valence-electron chi connectivity index (χ0n) is 11.3. The maximum atomic E-state index is 12.3. The van der Waals surface area contributed by atoms with E-state index in [-0.39, 0.29) is 11.9 Å². The second-order valence-corrected chi connectivity index (χ2v) is 5.76. The second kappa shape index (κ2) is 6.65. The highest BCUT2D eigenvalue weighted by atomic mass is 32.1. The number of hydrogen-bond donors (Lipinski definition) is 2. The van der Waals surface area contributed by atoms with E-state index in [2.05, 4.69) is 10.3 Å². The molecule has 0 saturated heterocycles. The molecule has 6 heteroatoms. The van der Waals surface area contributed by atoms with E-state index in [1.54, 1.807) is 6.20 Å². The number of nitrogens with zero attached hydrogens (tertiary/aromatic N) is 1. The van der Waals surface area contributed by atoms with Crippen LogP contribution in [0.1, 0.15) is 37.2 Å². The van der Waals surface area contributed by atoms with Crippen LogP contribution in [0.3, 0.4) is 0 Å². The van der Waals surface area contributed by atoms with E-state index in [1.165, 1.54) is 11.3 Å². The molecule has 1 aromatic heterocycles. The van der Waals surface area contributed by atoms with E-state index in [1.807, 2.05) is 24.5 Å². The van der Waals surface area contributed by atoms with E-state index < -0.39 is 17.8 Å². The number of nitrogens with one attached hydrogen (secondary N) is 1. The topological polar surface area (TPSA) is 79.3 Å². The van der Waals surface area contributed by atoms with Gasteiger partial charge in [0.25, 0.3) is 0 Å². The minimum atomic E-state index is -0.906. The largest absolute Gasteiger partial charge is 0.481 e. The van der Waals surface area contributed by atoms with E-state index >= 15 is 0 Å². The van der Waals surface area contributed by atoms with Gasteiger partial charge in [-0.05, 0) is 19.3 Å². The summed E-state index contributed by atoms with van der Waals surface area (Å²) in [6.07, 6.45) is 7.06. The minimum absolute atomic E-state index is 0.136. The van der Waals surface area contributed by atoms with E-state index in [4.69, 9.17) is 0 Å². The summed E-state index contributed by atoms with van der Waals surface area (Å²) in [7, 11) is 0. The molecule has 0 aliphatic heterocycles. The summed E-state index contributed by atoms with van der Waals surface area (Å²) in [5.41, 5.74) is 0. The Morgan fingerprint density at radius 1 is 1.45 bits per heavy atom. The first kappa shape index (κ1) is 14.7. The summed E-state index contributed by atoms with van der Waals surface area (Å²) in [6.45, 7) is 1.97. The number of rotatable bonds is 5. The first-order valence-corrected chi connectivity index (χ1v) is 7.59. The molecule has 0 radical (unpaired) electrons. The van der Waals surface area contributed by atoms with Crippen LogP contribution >= 0.6 is 11.3 Å². The predicted molar refractivity (Wildman–Crippen MR) is 76.3 cm³/mol. The lowest BCUT2D eigenvalue weighted by Gasteiger charge is -2.26. The molecule has 1 heterocycles. The number of carboxylic acids is 1. The first-order valence-electron chi connectivity index (χ1n) is 6.71. The molecule has 3 atom stereocenters. The van der Waals surface area contributed by atoms with Crippen molar-refractivity contribution in [3.05, 3.63) is 28.7 Å². The number of thiazole rings is 1. The summed E-state index contributed by atoms with van der Waals surface area (Å²) in [4.78, 5) is 27.8. The zero-order chi connectivity index (χ0) is 14.5. The molecule has 20 heavy (non-hydrogen) atoms. The quantitative estimate of drug-likeness (QED) is 0.817. The van der Waals surface area contributed by atoms with E-state index in [9.17, 15) is 14.7 Å². The highest BCUT2D eigenvalue weighted by Crippen LogP contribution is 2.27. The summed E-state index contributed by atoms with van der Waals surface area (Å²) < 4.78 is 0. The Bertz CT molecular complexity index is 499. The molecule has 5 nitrogen and oxygen atoms in total. The van der Waals surface area contributed by atoms with Gasteiger partial charge in [0, 0.05) is 11.6 Å². The molecule has 0 spiro atoms. The van der Waals surface area contributed by atoms with Gasteiger partial charge < -0.3 is 10.4 Å². The molecule has 0 fully saturated rings. The number of amides is 1. The average Bonchev–Trinajstić information content (AvgIpc) is 2.98. The van der Waals surface area contributed by atoms with Crippen LogP contribution in [0, 0.1) is 11.8 Å². The Hall–Kier alpha value is -1.69. The van der Waals surface area contributed by atoms with Crippen LogP contribution in [0.5, 0.6) is 0 Å². The maximum absolute atomic E-state index is 12.3. The Kier molecular flexibility index (Phi) is 4.89. The van der Waals surface area contributed by atoms with Gasteiger partial charge in [-0.25, -0.2) is 4.98 Å². The van der Waals surface area contributed by atoms with Gasteiger partial charge in [-0.2, -0.15) is 0 Å². The van der Waals surface area contributed by atoms with Gasteiger partial charge in [-0.15, -0.1) is 11.3 Å². The van der Waals surface area contributed by atoms with Gasteiger partial charge in [-0.1, -0.05) is 19.1 Å². The van der Waals surface area contributed by atoms with E-state index in [0.717, 1.165) is 11.4 Å². The Labute approximate surface area is 121 Å². The van der Waals surface area contributed by atoms with Crippen LogP contribution < -0.4 is 5.32 Å². The summed E-state index contributed by atoms with van der Waals surface area (Å²) in [6, 6.07) is -0.136. The van der Waals surface area contributed by atoms with Crippen LogP contribution in [0.15, 0.2) is 23.7 Å².